The normalized spacial score (nSPS) is 20.1. The third-order valence-corrected chi connectivity index (χ3v) is 8.96. The van der Waals surface area contributed by atoms with Crippen LogP contribution in [-0.4, -0.2) is 35.4 Å². The van der Waals surface area contributed by atoms with Gasteiger partial charge in [0.15, 0.2) is 20.7 Å². The number of hydrogen-bond acceptors (Lipinski definition) is 4. The van der Waals surface area contributed by atoms with Gasteiger partial charge >= 0.3 is 6.18 Å². The number of carbonyl (C=O) groups excluding carboxylic acids is 1. The molecule has 37 heavy (non-hydrogen) atoms. The van der Waals surface area contributed by atoms with E-state index in [4.69, 9.17) is 18.2 Å². The van der Waals surface area contributed by atoms with Crippen molar-refractivity contribution in [3.05, 3.63) is 82.4 Å². The Hall–Kier alpha value is -3.23. The molecule has 1 aliphatic carbocycles. The van der Waals surface area contributed by atoms with Gasteiger partial charge < -0.3 is 0 Å². The van der Waals surface area contributed by atoms with Crippen LogP contribution in [0.3, 0.4) is 0 Å². The summed E-state index contributed by atoms with van der Waals surface area (Å²) < 4.78 is 80.3. The van der Waals surface area contributed by atoms with Gasteiger partial charge in [0, 0.05) is 24.1 Å². The maximum Gasteiger partial charge on any atom is 0.416 e. The summed E-state index contributed by atoms with van der Waals surface area (Å²) in [6.07, 6.45) is -4.95. The number of halogens is 5. The number of Topliss-reactive ketones (excluding diaryl/α,β-unsaturated/α-hetero) is 1. The third-order valence-electron chi connectivity index (χ3n) is 6.39. The maximum absolute atomic E-state index is 14.3. The molecule has 1 heterocycles. The molecule has 194 valence electrons. The lowest BCUT2D eigenvalue weighted by Gasteiger charge is -2.19. The molecule has 3 aromatic rings. The Morgan fingerprint density at radius 2 is 1.76 bits per heavy atom. The van der Waals surface area contributed by atoms with Crippen LogP contribution in [0.5, 0.6) is 0 Å². The van der Waals surface area contributed by atoms with Gasteiger partial charge in [-0.2, -0.15) is 18.3 Å². The number of carbonyl (C=O) groups is 1. The van der Waals surface area contributed by atoms with Crippen LogP contribution < -0.4 is 0 Å². The Balaban J connectivity index is 1.47. The predicted octanol–water partition coefficient (Wildman–Crippen LogP) is 6.19. The van der Waals surface area contributed by atoms with Gasteiger partial charge in [-0.3, -0.25) is 4.79 Å². The second-order valence-electron chi connectivity index (χ2n) is 8.77. The molecule has 0 bridgehead atoms. The zero-order valence-corrected chi connectivity index (χ0v) is 20.7. The van der Waals surface area contributed by atoms with Gasteiger partial charge in [-0.25, -0.2) is 22.3 Å². The van der Waals surface area contributed by atoms with Gasteiger partial charge in [0.25, 0.3) is 0 Å². The minimum Gasteiger partial charge on any atom is -0.299 e. The number of sulfone groups is 1. The quantitative estimate of drug-likeness (QED) is 0.258. The minimum absolute atomic E-state index is 0.0477. The largest absolute Gasteiger partial charge is 0.416 e. The van der Waals surface area contributed by atoms with Crippen molar-refractivity contribution in [1.82, 2.24) is 9.78 Å². The molecule has 0 aliphatic heterocycles. The van der Waals surface area contributed by atoms with E-state index in [1.165, 1.54) is 47.3 Å². The lowest BCUT2D eigenvalue weighted by Crippen LogP contribution is -2.31. The van der Waals surface area contributed by atoms with Crippen LogP contribution >= 0.6 is 11.6 Å². The second-order valence-corrected chi connectivity index (χ2v) is 11.3. The van der Waals surface area contributed by atoms with Crippen molar-refractivity contribution in [3.8, 4) is 5.69 Å². The molecule has 6 nitrogen and oxygen atoms in total. The molecule has 0 N–H and O–H groups in total. The van der Waals surface area contributed by atoms with E-state index in [1.807, 2.05) is 0 Å². The van der Waals surface area contributed by atoms with Gasteiger partial charge in [0.2, 0.25) is 0 Å². The lowest BCUT2D eigenvalue weighted by molar-refractivity contribution is -0.137. The minimum atomic E-state index is -4.47. The summed E-state index contributed by atoms with van der Waals surface area (Å²) in [5, 5.41) is 2.91. The van der Waals surface area contributed by atoms with Gasteiger partial charge in [-0.15, -0.1) is 0 Å². The molecule has 2 aromatic carbocycles. The molecule has 12 heteroatoms. The van der Waals surface area contributed by atoms with Crippen LogP contribution in [0.2, 0.25) is 5.15 Å². The molecule has 0 amide bonds. The molecule has 1 aromatic heterocycles. The zero-order valence-electron chi connectivity index (χ0n) is 19.1. The molecule has 1 unspecified atom stereocenters. The fraction of sp³-hybridized carbons (Fsp3) is 0.320. The summed E-state index contributed by atoms with van der Waals surface area (Å²) >= 11 is 6.17. The highest BCUT2D eigenvalue weighted by Gasteiger charge is 2.46. The van der Waals surface area contributed by atoms with Crippen LogP contribution in [0, 0.1) is 12.5 Å². The Labute approximate surface area is 215 Å². The van der Waals surface area contributed by atoms with Gasteiger partial charge in [-0.05, 0) is 43.5 Å². The van der Waals surface area contributed by atoms with E-state index < -0.39 is 44.7 Å². The first-order chi connectivity index (χ1) is 17.4. The van der Waals surface area contributed by atoms with E-state index in [0.29, 0.717) is 11.3 Å². The van der Waals surface area contributed by atoms with Crippen molar-refractivity contribution in [2.75, 3.05) is 0 Å². The molecule has 0 saturated heterocycles. The molecule has 3 atom stereocenters. The molecule has 0 spiro atoms. The fourth-order valence-electron chi connectivity index (χ4n) is 4.44. The van der Waals surface area contributed by atoms with Gasteiger partial charge in [0.1, 0.15) is 12.0 Å². The highest BCUT2D eigenvalue weighted by Crippen LogP contribution is 2.38. The number of hydrogen-bond donors (Lipinski definition) is 0. The monoisotopic (exact) mass is 553 g/mol. The highest BCUT2D eigenvalue weighted by atomic mass is 35.5. The molecular weight excluding hydrogens is 534 g/mol. The van der Waals surface area contributed by atoms with E-state index in [1.54, 1.807) is 0 Å². The summed E-state index contributed by atoms with van der Waals surface area (Å²) in [5.41, 5.74) is 0.225. The Bertz CT molecular complexity index is 1450. The lowest BCUT2D eigenvalue weighted by atomic mass is 9.97. The highest BCUT2D eigenvalue weighted by molar-refractivity contribution is 7.92. The first-order valence-electron chi connectivity index (χ1n) is 11.2. The predicted molar refractivity (Wildman–Crippen MR) is 128 cm³/mol. The standard InChI is InChI=1S/C25H20ClF4N3O3S/c1-31-18-5-9-20(10-6-18)37(35,36)23-13-17(27)12-21(23)22(34)11-2-15-14-33(32-24(15)26)19-7-3-16(4-8-19)25(28,29)30/h3-10,14,17,21,23H,2,11-13H2/t17-,21+,23?/m1/s1. The number of alkyl halides is 4. The molecule has 1 aliphatic rings. The van der Waals surface area contributed by atoms with E-state index >= 15 is 0 Å². The maximum atomic E-state index is 14.3. The number of ketones is 1. The third kappa shape index (κ3) is 5.70. The van der Waals surface area contributed by atoms with Gasteiger partial charge in [-0.1, -0.05) is 35.9 Å². The van der Waals surface area contributed by atoms with Crippen molar-refractivity contribution in [3.63, 3.8) is 0 Å². The molecule has 4 rings (SSSR count). The summed E-state index contributed by atoms with van der Waals surface area (Å²) in [6, 6.07) is 9.58. The van der Waals surface area contributed by atoms with Crippen molar-refractivity contribution >= 4 is 32.9 Å². The van der Waals surface area contributed by atoms with Crippen molar-refractivity contribution in [2.45, 2.75) is 48.2 Å². The summed E-state index contributed by atoms with van der Waals surface area (Å²) in [4.78, 5) is 16.2. The van der Waals surface area contributed by atoms with Crippen molar-refractivity contribution in [1.29, 1.82) is 0 Å². The van der Waals surface area contributed by atoms with E-state index in [0.717, 1.165) is 12.1 Å². The average molecular weight is 554 g/mol. The van der Waals surface area contributed by atoms with Crippen molar-refractivity contribution < 1.29 is 30.8 Å². The van der Waals surface area contributed by atoms with Crippen LogP contribution in [-0.2, 0) is 27.2 Å². The summed E-state index contributed by atoms with van der Waals surface area (Å²) in [7, 11) is -4.01. The first-order valence-corrected chi connectivity index (χ1v) is 13.1. The topological polar surface area (TPSA) is 73.4 Å². The summed E-state index contributed by atoms with van der Waals surface area (Å²) in [6.45, 7) is 6.99. The van der Waals surface area contributed by atoms with E-state index in [-0.39, 0.29) is 41.4 Å². The summed E-state index contributed by atoms with van der Waals surface area (Å²) in [5.74, 6) is -1.46. The van der Waals surface area contributed by atoms with Crippen LogP contribution in [0.15, 0.2) is 59.6 Å². The molecular formula is C25H20ClF4N3O3S. The molecule has 1 fully saturated rings. The number of aromatic nitrogens is 2. The SMILES string of the molecule is [C-]#[N+]c1ccc(S(=O)(=O)C2C[C@H](F)C[C@H]2C(=O)CCc2cn(-c3ccc(C(F)(F)F)cc3)nc2Cl)cc1. The smallest absolute Gasteiger partial charge is 0.299 e. The van der Waals surface area contributed by atoms with Crippen molar-refractivity contribution in [2.24, 2.45) is 5.92 Å². The van der Waals surface area contributed by atoms with Crippen LogP contribution in [0.4, 0.5) is 23.2 Å². The van der Waals surface area contributed by atoms with E-state index in [9.17, 15) is 30.8 Å². The zero-order chi connectivity index (χ0) is 27.0. The fourth-order valence-corrected chi connectivity index (χ4v) is 6.69. The number of aryl methyl sites for hydroxylation is 1. The van der Waals surface area contributed by atoms with Gasteiger partial charge in [0.05, 0.1) is 28.0 Å². The Morgan fingerprint density at radius 3 is 2.35 bits per heavy atom. The number of benzene rings is 2. The van der Waals surface area contributed by atoms with Crippen LogP contribution in [0.1, 0.15) is 30.4 Å². The number of nitrogens with zero attached hydrogens (tertiary/aromatic N) is 3. The van der Waals surface area contributed by atoms with E-state index in [2.05, 4.69) is 9.94 Å². The number of rotatable bonds is 7. The molecule has 0 radical (unpaired) electrons. The van der Waals surface area contributed by atoms with Crippen LogP contribution in [0.25, 0.3) is 10.5 Å². The Morgan fingerprint density at radius 1 is 1.11 bits per heavy atom. The first kappa shape index (κ1) is 26.8. The Kier molecular flexibility index (Phi) is 7.44. The molecule has 1 saturated carbocycles. The second kappa shape index (κ2) is 10.3. The average Bonchev–Trinajstić information content (AvgIpc) is 3.45.